The first-order valence-corrected chi connectivity index (χ1v) is 13.8. The maximum absolute atomic E-state index is 14.6. The fourth-order valence-corrected chi connectivity index (χ4v) is 5.79. The van der Waals surface area contributed by atoms with E-state index < -0.39 is 18.1 Å². The molecule has 2 aromatic heterocycles. The van der Waals surface area contributed by atoms with E-state index >= 15 is 0 Å². The van der Waals surface area contributed by atoms with Crippen LogP contribution in [-0.2, 0) is 16.1 Å². The number of likely N-dealkylation sites (tertiary alicyclic amines) is 1. The van der Waals surface area contributed by atoms with Gasteiger partial charge in [0, 0.05) is 48.6 Å². The largest absolute Gasteiger partial charge is 0.351 e. The summed E-state index contributed by atoms with van der Waals surface area (Å²) in [5, 5.41) is 8.08. The van der Waals surface area contributed by atoms with Gasteiger partial charge in [0.25, 0.3) is 0 Å². The van der Waals surface area contributed by atoms with Gasteiger partial charge < -0.3 is 10.2 Å². The average molecular weight is 555 g/mol. The van der Waals surface area contributed by atoms with Gasteiger partial charge in [0.2, 0.25) is 11.8 Å². The summed E-state index contributed by atoms with van der Waals surface area (Å²) in [6.45, 7) is 4.90. The van der Waals surface area contributed by atoms with Crippen LogP contribution in [0, 0.1) is 13.8 Å². The third-order valence-electron chi connectivity index (χ3n) is 8.06. The third-order valence-corrected chi connectivity index (χ3v) is 8.06. The number of aromatic nitrogens is 4. The summed E-state index contributed by atoms with van der Waals surface area (Å²) in [6.07, 6.45) is 2.91. The minimum absolute atomic E-state index is 0.0273. The van der Waals surface area contributed by atoms with Crippen molar-refractivity contribution >= 4 is 28.5 Å². The molecule has 4 atom stereocenters. The fraction of sp³-hybridized carbons (Fsp3) is 0.355. The monoisotopic (exact) mass is 554 g/mol. The highest BCUT2D eigenvalue weighted by Gasteiger charge is 2.45. The zero-order valence-electron chi connectivity index (χ0n) is 23.2. The van der Waals surface area contributed by atoms with Crippen LogP contribution in [0.1, 0.15) is 53.1 Å². The van der Waals surface area contributed by atoms with Crippen LogP contribution in [0.25, 0.3) is 22.0 Å². The summed E-state index contributed by atoms with van der Waals surface area (Å²) in [5.41, 5.74) is 4.80. The lowest BCUT2D eigenvalue weighted by Gasteiger charge is -2.24. The minimum Gasteiger partial charge on any atom is -0.351 e. The van der Waals surface area contributed by atoms with Crippen LogP contribution in [0.2, 0.25) is 0 Å². The molecule has 1 saturated carbocycles. The highest BCUT2D eigenvalue weighted by Crippen LogP contribution is 2.42. The Balaban J connectivity index is 1.20. The van der Waals surface area contributed by atoms with Gasteiger partial charge in [0.05, 0.1) is 12.1 Å². The van der Waals surface area contributed by atoms with E-state index in [1.807, 2.05) is 37.3 Å². The molecule has 2 aliphatic rings. The number of Topliss-reactive ketones (excluding diaryl/α,β-unsaturated/α-hetero) is 1. The second-order valence-electron chi connectivity index (χ2n) is 11.0. The average Bonchev–Trinajstić information content (AvgIpc) is 3.43. The molecule has 0 spiro atoms. The number of rotatable bonds is 7. The van der Waals surface area contributed by atoms with Crippen LogP contribution in [-0.4, -0.2) is 67.0 Å². The molecule has 4 aromatic rings. The Hall–Kier alpha value is -4.47. The SMILES string of the molecule is CC(=O)c1nn(CC(=O)N2C[C@H](F)C[C@H]2C(=O)N[C@@H]2C[C@H]2c2ccccc2C)c2ccc(-c3cnc(C)nc3)cc12. The third kappa shape index (κ3) is 5.21. The summed E-state index contributed by atoms with van der Waals surface area (Å²) in [5.74, 6) is -0.123. The van der Waals surface area contributed by atoms with Crippen molar-refractivity contribution in [1.82, 2.24) is 30.0 Å². The van der Waals surface area contributed by atoms with Gasteiger partial charge >= 0.3 is 0 Å². The maximum atomic E-state index is 14.6. The van der Waals surface area contributed by atoms with Crippen molar-refractivity contribution in [1.29, 1.82) is 0 Å². The molecule has 1 aliphatic heterocycles. The molecule has 6 rings (SSSR count). The van der Waals surface area contributed by atoms with E-state index in [9.17, 15) is 18.8 Å². The summed E-state index contributed by atoms with van der Waals surface area (Å²) in [6, 6.07) is 12.6. The normalized spacial score (nSPS) is 21.7. The zero-order chi connectivity index (χ0) is 28.8. The van der Waals surface area contributed by atoms with Crippen LogP contribution >= 0.6 is 0 Å². The number of aryl methyl sites for hydroxylation is 2. The van der Waals surface area contributed by atoms with Crippen molar-refractivity contribution in [2.75, 3.05) is 6.54 Å². The van der Waals surface area contributed by atoms with Crippen LogP contribution in [0.3, 0.4) is 0 Å². The quantitative estimate of drug-likeness (QED) is 0.347. The molecule has 2 amide bonds. The summed E-state index contributed by atoms with van der Waals surface area (Å²) < 4.78 is 16.0. The van der Waals surface area contributed by atoms with Gasteiger partial charge in [-0.2, -0.15) is 5.10 Å². The van der Waals surface area contributed by atoms with Gasteiger partial charge in [0.1, 0.15) is 30.3 Å². The lowest BCUT2D eigenvalue weighted by atomic mass is 10.0. The van der Waals surface area contributed by atoms with E-state index in [0.717, 1.165) is 17.5 Å². The first-order valence-electron chi connectivity index (χ1n) is 13.8. The standard InChI is InChI=1S/C31H31FN6O3/c1-17-6-4-5-7-23(17)24-12-26(24)35-31(41)28-11-22(32)15-37(28)29(40)16-38-27-9-8-20(21-13-33-19(3)34-14-21)10-25(27)30(36-38)18(2)39/h4-10,13-14,22,24,26,28H,11-12,15-16H2,1-3H3,(H,35,41)/t22-,24+,26-,28+/m1/s1. The molecule has 1 aliphatic carbocycles. The molecule has 0 bridgehead atoms. The lowest BCUT2D eigenvalue weighted by molar-refractivity contribution is -0.139. The summed E-state index contributed by atoms with van der Waals surface area (Å²) >= 11 is 0. The highest BCUT2D eigenvalue weighted by atomic mass is 19.1. The number of alkyl halides is 1. The fourth-order valence-electron chi connectivity index (χ4n) is 5.79. The number of hydrogen-bond acceptors (Lipinski definition) is 6. The van der Waals surface area contributed by atoms with Crippen molar-refractivity contribution in [3.8, 4) is 11.1 Å². The Labute approximate surface area is 236 Å². The summed E-state index contributed by atoms with van der Waals surface area (Å²) in [7, 11) is 0. The number of nitrogens with one attached hydrogen (secondary N) is 1. The van der Waals surface area contributed by atoms with Crippen molar-refractivity contribution in [3.63, 3.8) is 0 Å². The van der Waals surface area contributed by atoms with Crippen LogP contribution in [0.15, 0.2) is 54.9 Å². The Morgan fingerprint density at radius 2 is 1.78 bits per heavy atom. The van der Waals surface area contributed by atoms with Crippen LogP contribution in [0.4, 0.5) is 4.39 Å². The van der Waals surface area contributed by atoms with E-state index in [-0.39, 0.29) is 48.9 Å². The lowest BCUT2D eigenvalue weighted by Crippen LogP contribution is -2.47. The van der Waals surface area contributed by atoms with Crippen molar-refractivity contribution < 1.29 is 18.8 Å². The number of amides is 2. The molecule has 10 heteroatoms. The topological polar surface area (TPSA) is 110 Å². The Bertz CT molecular complexity index is 1670. The molecule has 3 heterocycles. The molecular formula is C31H31FN6O3. The number of nitrogens with zero attached hydrogens (tertiary/aromatic N) is 5. The molecule has 2 fully saturated rings. The number of halogens is 1. The van der Waals surface area contributed by atoms with Gasteiger partial charge in [-0.05, 0) is 49.1 Å². The predicted octanol–water partition coefficient (Wildman–Crippen LogP) is 3.92. The van der Waals surface area contributed by atoms with Crippen molar-refractivity contribution in [3.05, 3.63) is 77.5 Å². The molecule has 1 N–H and O–H groups in total. The van der Waals surface area contributed by atoms with Gasteiger partial charge in [-0.25, -0.2) is 14.4 Å². The van der Waals surface area contributed by atoms with Gasteiger partial charge in [-0.1, -0.05) is 30.3 Å². The highest BCUT2D eigenvalue weighted by molar-refractivity contribution is 6.06. The molecule has 0 radical (unpaired) electrons. The van der Waals surface area contributed by atoms with E-state index in [4.69, 9.17) is 0 Å². The second kappa shape index (κ2) is 10.5. The minimum atomic E-state index is -1.29. The number of benzene rings is 2. The Kier molecular flexibility index (Phi) is 6.84. The van der Waals surface area contributed by atoms with Crippen molar-refractivity contribution in [2.24, 2.45) is 0 Å². The number of ketones is 1. The van der Waals surface area contributed by atoms with E-state index in [2.05, 4.69) is 26.4 Å². The Morgan fingerprint density at radius 3 is 2.51 bits per heavy atom. The number of fused-ring (bicyclic) bond motifs is 1. The van der Waals surface area contributed by atoms with Crippen LogP contribution in [0.5, 0.6) is 0 Å². The zero-order valence-corrected chi connectivity index (χ0v) is 23.2. The smallest absolute Gasteiger partial charge is 0.245 e. The maximum Gasteiger partial charge on any atom is 0.245 e. The van der Waals surface area contributed by atoms with E-state index in [1.165, 1.54) is 27.6 Å². The molecule has 2 aromatic carbocycles. The number of carbonyl (C=O) groups is 3. The van der Waals surface area contributed by atoms with Crippen molar-refractivity contribution in [2.45, 2.75) is 64.3 Å². The first kappa shape index (κ1) is 26.7. The first-order chi connectivity index (χ1) is 19.7. The predicted molar refractivity (Wildman–Crippen MR) is 151 cm³/mol. The van der Waals surface area contributed by atoms with Gasteiger partial charge in [-0.15, -0.1) is 0 Å². The van der Waals surface area contributed by atoms with Crippen LogP contribution < -0.4 is 5.32 Å². The molecular weight excluding hydrogens is 523 g/mol. The molecule has 41 heavy (non-hydrogen) atoms. The number of carbonyl (C=O) groups excluding carboxylic acids is 3. The van der Waals surface area contributed by atoms with Gasteiger partial charge in [-0.3, -0.25) is 19.1 Å². The second-order valence-corrected chi connectivity index (χ2v) is 11.0. The molecule has 0 unspecified atom stereocenters. The Morgan fingerprint density at radius 1 is 1.02 bits per heavy atom. The molecule has 9 nitrogen and oxygen atoms in total. The number of hydrogen-bond donors (Lipinski definition) is 1. The van der Waals surface area contributed by atoms with Gasteiger partial charge in [0.15, 0.2) is 5.78 Å². The molecule has 1 saturated heterocycles. The van der Waals surface area contributed by atoms with E-state index in [1.54, 1.807) is 25.4 Å². The van der Waals surface area contributed by atoms with E-state index in [0.29, 0.717) is 16.7 Å². The molecule has 210 valence electrons. The summed E-state index contributed by atoms with van der Waals surface area (Å²) in [4.78, 5) is 48.9.